The molecule has 4 atom stereocenters. The number of aliphatic carboxylic acids is 2. The van der Waals surface area contributed by atoms with Crippen molar-refractivity contribution in [1.82, 2.24) is 30.9 Å². The van der Waals surface area contributed by atoms with Gasteiger partial charge in [0.2, 0.25) is 17.7 Å². The van der Waals surface area contributed by atoms with Gasteiger partial charge in [-0.1, -0.05) is 32.0 Å². The van der Waals surface area contributed by atoms with Crippen molar-refractivity contribution in [3.8, 4) is 0 Å². The van der Waals surface area contributed by atoms with Crippen LogP contribution in [0.15, 0.2) is 43.0 Å². The van der Waals surface area contributed by atoms with Crippen molar-refractivity contribution in [1.29, 1.82) is 0 Å². The molecule has 14 heteroatoms. The van der Waals surface area contributed by atoms with Crippen LogP contribution < -0.4 is 21.7 Å². The SMILES string of the molecule is CC(C)CC(NC(=O)C(N)CCC(=O)O)C(=O)NC(Cc1cnc[nH]1)C(=O)NC(Cc1c[nH]c2ccccc12)C(=O)O. The van der Waals surface area contributed by atoms with Crippen LogP contribution in [0, 0.1) is 5.92 Å². The Kier molecular flexibility index (Phi) is 11.2. The highest BCUT2D eigenvalue weighted by Crippen LogP contribution is 2.19. The molecule has 226 valence electrons. The van der Waals surface area contributed by atoms with Crippen LogP contribution in [0.5, 0.6) is 0 Å². The average molecular weight is 584 g/mol. The third-order valence-electron chi connectivity index (χ3n) is 6.67. The van der Waals surface area contributed by atoms with E-state index < -0.39 is 53.8 Å². The van der Waals surface area contributed by atoms with Gasteiger partial charge in [-0.25, -0.2) is 9.78 Å². The van der Waals surface area contributed by atoms with Crippen molar-refractivity contribution < 1.29 is 34.2 Å². The molecule has 0 saturated carbocycles. The smallest absolute Gasteiger partial charge is 0.326 e. The third-order valence-corrected chi connectivity index (χ3v) is 6.67. The van der Waals surface area contributed by atoms with E-state index in [-0.39, 0.29) is 38.0 Å². The summed E-state index contributed by atoms with van der Waals surface area (Å²) >= 11 is 0. The summed E-state index contributed by atoms with van der Waals surface area (Å²) in [6.45, 7) is 3.68. The zero-order chi connectivity index (χ0) is 30.8. The van der Waals surface area contributed by atoms with Crippen LogP contribution >= 0.6 is 0 Å². The van der Waals surface area contributed by atoms with Crippen LogP contribution in [-0.2, 0) is 36.8 Å². The number of imidazole rings is 1. The minimum absolute atomic E-state index is 0.00390. The van der Waals surface area contributed by atoms with Gasteiger partial charge in [0.1, 0.15) is 18.1 Å². The topological polar surface area (TPSA) is 232 Å². The molecule has 0 fully saturated rings. The van der Waals surface area contributed by atoms with Crippen molar-refractivity contribution in [2.45, 2.75) is 70.1 Å². The number of nitrogens with two attached hydrogens (primary N) is 1. The van der Waals surface area contributed by atoms with E-state index in [4.69, 9.17) is 10.8 Å². The fourth-order valence-corrected chi connectivity index (χ4v) is 4.48. The molecule has 4 unspecified atom stereocenters. The zero-order valence-electron chi connectivity index (χ0n) is 23.4. The van der Waals surface area contributed by atoms with Gasteiger partial charge < -0.3 is 41.9 Å². The van der Waals surface area contributed by atoms with Gasteiger partial charge in [0, 0.05) is 48.3 Å². The predicted molar refractivity (Wildman–Crippen MR) is 152 cm³/mol. The van der Waals surface area contributed by atoms with Crippen molar-refractivity contribution >= 4 is 40.6 Å². The number of hydrogen-bond donors (Lipinski definition) is 8. The molecule has 9 N–H and O–H groups in total. The van der Waals surface area contributed by atoms with Gasteiger partial charge in [-0.2, -0.15) is 0 Å². The number of para-hydroxylation sites is 1. The molecule has 0 aliphatic rings. The fourth-order valence-electron chi connectivity index (χ4n) is 4.48. The van der Waals surface area contributed by atoms with E-state index in [9.17, 15) is 29.1 Å². The van der Waals surface area contributed by atoms with Crippen LogP contribution in [0.2, 0.25) is 0 Å². The zero-order valence-corrected chi connectivity index (χ0v) is 23.4. The van der Waals surface area contributed by atoms with Gasteiger partial charge in [-0.05, 0) is 30.4 Å². The number of aromatic amines is 2. The molecule has 14 nitrogen and oxygen atoms in total. The van der Waals surface area contributed by atoms with Crippen LogP contribution in [-0.4, -0.2) is 79.0 Å². The Morgan fingerprint density at radius 1 is 0.905 bits per heavy atom. The van der Waals surface area contributed by atoms with Gasteiger partial charge >= 0.3 is 11.9 Å². The van der Waals surface area contributed by atoms with E-state index in [2.05, 4.69) is 30.9 Å². The lowest BCUT2D eigenvalue weighted by Gasteiger charge is -2.26. The van der Waals surface area contributed by atoms with Gasteiger partial charge in [-0.3, -0.25) is 19.2 Å². The standard InChI is InChI=1S/C28H37N7O7/c1-15(2)9-21(33-25(38)19(29)7-8-24(36)37)26(39)34-22(11-17-13-30-14-32-17)27(40)35-23(28(41)42)10-16-12-31-20-6-4-3-5-18(16)20/h3-6,12-15,19,21-23,31H,7-11,29H2,1-2H3,(H,30,32)(H,33,38)(H,34,39)(H,35,40)(H,36,37)(H,41,42). The van der Waals surface area contributed by atoms with Crippen LogP contribution in [0.1, 0.15) is 44.4 Å². The molecule has 1 aromatic carbocycles. The lowest BCUT2D eigenvalue weighted by Crippen LogP contribution is -2.58. The predicted octanol–water partition coefficient (Wildman–Crippen LogP) is 0.453. The van der Waals surface area contributed by atoms with Crippen molar-refractivity contribution in [2.24, 2.45) is 11.7 Å². The molecule has 42 heavy (non-hydrogen) atoms. The van der Waals surface area contributed by atoms with Crippen LogP contribution in [0.25, 0.3) is 10.9 Å². The summed E-state index contributed by atoms with van der Waals surface area (Å²) in [6, 6.07) is 2.65. The van der Waals surface area contributed by atoms with E-state index in [0.717, 1.165) is 10.9 Å². The molecule has 0 spiro atoms. The maximum Gasteiger partial charge on any atom is 0.326 e. The quantitative estimate of drug-likeness (QED) is 0.117. The Hall–Kier alpha value is -4.72. The first-order valence-corrected chi connectivity index (χ1v) is 13.6. The Bertz CT molecular complexity index is 1390. The Morgan fingerprint density at radius 3 is 2.21 bits per heavy atom. The summed E-state index contributed by atoms with van der Waals surface area (Å²) in [7, 11) is 0. The second kappa shape index (κ2) is 14.8. The van der Waals surface area contributed by atoms with E-state index in [1.807, 2.05) is 38.1 Å². The minimum atomic E-state index is -1.30. The van der Waals surface area contributed by atoms with Crippen molar-refractivity contribution in [3.63, 3.8) is 0 Å². The maximum absolute atomic E-state index is 13.4. The number of rotatable bonds is 16. The van der Waals surface area contributed by atoms with E-state index in [0.29, 0.717) is 11.3 Å². The number of hydrogen-bond acceptors (Lipinski definition) is 7. The molecule has 0 aliphatic heterocycles. The maximum atomic E-state index is 13.4. The number of benzene rings is 1. The van der Waals surface area contributed by atoms with Gasteiger partial charge in [0.15, 0.2) is 0 Å². The molecule has 0 radical (unpaired) electrons. The van der Waals surface area contributed by atoms with E-state index in [1.165, 1.54) is 12.5 Å². The number of fused-ring (bicyclic) bond motifs is 1. The first kappa shape index (κ1) is 31.8. The third kappa shape index (κ3) is 9.16. The van der Waals surface area contributed by atoms with E-state index >= 15 is 0 Å². The Morgan fingerprint density at radius 2 is 1.57 bits per heavy atom. The summed E-state index contributed by atoms with van der Waals surface area (Å²) in [4.78, 5) is 72.3. The van der Waals surface area contributed by atoms with Gasteiger partial charge in [0.25, 0.3) is 0 Å². The number of carboxylic acids is 2. The summed E-state index contributed by atoms with van der Waals surface area (Å²) in [5, 5.41) is 27.3. The summed E-state index contributed by atoms with van der Waals surface area (Å²) < 4.78 is 0. The molecular formula is C28H37N7O7. The molecule has 3 aromatic rings. The Labute approximate surface area is 241 Å². The molecule has 3 amide bonds. The molecule has 0 saturated heterocycles. The number of carbonyl (C=O) groups excluding carboxylic acids is 3. The second-order valence-corrected chi connectivity index (χ2v) is 10.5. The number of nitrogens with zero attached hydrogens (tertiary/aromatic N) is 1. The lowest BCUT2D eigenvalue weighted by atomic mass is 10.0. The van der Waals surface area contributed by atoms with Gasteiger partial charge in [-0.15, -0.1) is 0 Å². The van der Waals surface area contributed by atoms with Crippen molar-refractivity contribution in [2.75, 3.05) is 0 Å². The highest BCUT2D eigenvalue weighted by Gasteiger charge is 2.31. The average Bonchev–Trinajstić information content (AvgIpc) is 3.60. The normalized spacial score (nSPS) is 14.1. The minimum Gasteiger partial charge on any atom is -0.481 e. The highest BCUT2D eigenvalue weighted by atomic mass is 16.4. The highest BCUT2D eigenvalue weighted by molar-refractivity contribution is 5.94. The number of amides is 3. The second-order valence-electron chi connectivity index (χ2n) is 10.5. The molecular weight excluding hydrogens is 546 g/mol. The number of carboxylic acid groups (broad SMARTS) is 2. The first-order chi connectivity index (χ1) is 19.9. The molecule has 3 rings (SSSR count). The number of H-pyrrole nitrogens is 2. The number of carbonyl (C=O) groups is 5. The Balaban J connectivity index is 1.77. The van der Waals surface area contributed by atoms with Crippen molar-refractivity contribution in [3.05, 3.63) is 54.2 Å². The first-order valence-electron chi connectivity index (χ1n) is 13.6. The van der Waals surface area contributed by atoms with E-state index in [1.54, 1.807) is 6.20 Å². The molecule has 0 aliphatic carbocycles. The fraction of sp³-hybridized carbons (Fsp3) is 0.429. The molecule has 2 aromatic heterocycles. The summed E-state index contributed by atoms with van der Waals surface area (Å²) in [5.41, 5.74) is 7.86. The number of nitrogens with one attached hydrogen (secondary N) is 5. The summed E-state index contributed by atoms with van der Waals surface area (Å²) in [5.74, 6) is -4.50. The number of aromatic nitrogens is 3. The largest absolute Gasteiger partial charge is 0.481 e. The van der Waals surface area contributed by atoms with Crippen LogP contribution in [0.4, 0.5) is 0 Å². The monoisotopic (exact) mass is 583 g/mol. The lowest BCUT2D eigenvalue weighted by molar-refractivity contribution is -0.142. The molecule has 0 bridgehead atoms. The van der Waals surface area contributed by atoms with Crippen LogP contribution in [0.3, 0.4) is 0 Å². The summed E-state index contributed by atoms with van der Waals surface area (Å²) in [6.07, 6.45) is 4.32. The van der Waals surface area contributed by atoms with Gasteiger partial charge in [0.05, 0.1) is 12.4 Å². The molecule has 2 heterocycles.